The van der Waals surface area contributed by atoms with Crippen LogP contribution in [0.5, 0.6) is 0 Å². The lowest BCUT2D eigenvalue weighted by Crippen LogP contribution is -2.73. The number of amides is 1. The fraction of sp³-hybridized carbons (Fsp3) is 0.575. The highest BCUT2D eigenvalue weighted by Crippen LogP contribution is 2.68. The van der Waals surface area contributed by atoms with Crippen molar-refractivity contribution in [1.82, 2.24) is 9.80 Å². The van der Waals surface area contributed by atoms with E-state index in [1.54, 1.807) is 16.7 Å². The predicted molar refractivity (Wildman–Crippen MR) is 180 cm³/mol. The van der Waals surface area contributed by atoms with Crippen LogP contribution in [0.2, 0.25) is 0 Å². The van der Waals surface area contributed by atoms with Crippen LogP contribution in [0.15, 0.2) is 71.8 Å². The molecule has 9 aliphatic rings. The standard InChI is InChI=1S/C40H46N4O2/c1-4-24-20-41-16-14-39-30-11-7-9-13-32(30)44-36(39)28(26(24)18-33(39)41)22-46-38(44)35-27-19-34-40(15-17-42(34)21-25(27)5-2)29-10-6-8-12-31(29)43(23(3)45)37(35)40/h4-13,26-28,33-38H,14-22H2,1-3H3/b24-4+,25-5+. The van der Waals surface area contributed by atoms with Crippen LogP contribution in [0.1, 0.15) is 57.6 Å². The average Bonchev–Trinajstić information content (AvgIpc) is 3.83. The number of carbonyl (C=O) groups excluding carboxylic acids is 1. The van der Waals surface area contributed by atoms with Gasteiger partial charge in [-0.05, 0) is 87.7 Å². The van der Waals surface area contributed by atoms with Gasteiger partial charge in [-0.1, -0.05) is 59.7 Å². The summed E-state index contributed by atoms with van der Waals surface area (Å²) in [5.74, 6) is 1.87. The molecule has 0 N–H and O–H groups in total. The average molecular weight is 615 g/mol. The summed E-state index contributed by atoms with van der Waals surface area (Å²) in [6.07, 6.45) is 9.58. The Balaban J connectivity index is 1.14. The van der Waals surface area contributed by atoms with Gasteiger partial charge < -0.3 is 14.5 Å². The molecule has 2 aliphatic carbocycles. The molecule has 2 saturated carbocycles. The Morgan fingerprint density at radius 2 is 1.39 bits per heavy atom. The van der Waals surface area contributed by atoms with Crippen LogP contribution in [-0.2, 0) is 20.4 Å². The van der Waals surface area contributed by atoms with Crippen LogP contribution in [0.3, 0.4) is 0 Å². The first-order valence-electron chi connectivity index (χ1n) is 18.2. The number of piperidine rings is 2. The number of ether oxygens (including phenoxy) is 1. The van der Waals surface area contributed by atoms with Crippen molar-refractivity contribution in [2.24, 2.45) is 23.7 Å². The number of hydrogen-bond acceptors (Lipinski definition) is 5. The first-order valence-corrected chi connectivity index (χ1v) is 18.2. The maximum atomic E-state index is 14.0. The summed E-state index contributed by atoms with van der Waals surface area (Å²) in [6, 6.07) is 20.0. The molecule has 2 aromatic rings. The molecular formula is C40H46N4O2. The second-order valence-electron chi connectivity index (χ2n) is 16.2. The van der Waals surface area contributed by atoms with Crippen LogP contribution in [0.25, 0.3) is 0 Å². The number of nitrogens with zero attached hydrogens (tertiary/aromatic N) is 4. The monoisotopic (exact) mass is 614 g/mol. The summed E-state index contributed by atoms with van der Waals surface area (Å²) in [7, 11) is 0. The van der Waals surface area contributed by atoms with E-state index in [-0.39, 0.29) is 34.9 Å². The lowest BCUT2D eigenvalue weighted by atomic mass is 9.53. The van der Waals surface area contributed by atoms with Gasteiger partial charge in [0.15, 0.2) is 0 Å². The Bertz CT molecular complexity index is 1750. The van der Waals surface area contributed by atoms with Crippen LogP contribution < -0.4 is 9.80 Å². The fourth-order valence-corrected chi connectivity index (χ4v) is 13.9. The fourth-order valence-electron chi connectivity index (χ4n) is 13.9. The maximum absolute atomic E-state index is 14.0. The van der Waals surface area contributed by atoms with Gasteiger partial charge in [0.2, 0.25) is 5.91 Å². The quantitative estimate of drug-likeness (QED) is 0.398. The van der Waals surface area contributed by atoms with Crippen LogP contribution in [-0.4, -0.2) is 78.9 Å². The van der Waals surface area contributed by atoms with Crippen molar-refractivity contribution in [2.75, 3.05) is 42.6 Å². The molecule has 0 radical (unpaired) electrons. The zero-order valence-electron chi connectivity index (χ0n) is 27.4. The molecule has 7 fully saturated rings. The van der Waals surface area contributed by atoms with Gasteiger partial charge in [0.1, 0.15) is 6.23 Å². The minimum Gasteiger partial charge on any atom is -0.358 e. The van der Waals surface area contributed by atoms with Gasteiger partial charge in [-0.15, -0.1) is 0 Å². The Morgan fingerprint density at radius 3 is 2.07 bits per heavy atom. The van der Waals surface area contributed by atoms with E-state index in [0.29, 0.717) is 35.9 Å². The number of carbonyl (C=O) groups is 1. The summed E-state index contributed by atoms with van der Waals surface area (Å²) in [5, 5.41) is 0. The molecular weight excluding hydrogens is 568 g/mol. The summed E-state index contributed by atoms with van der Waals surface area (Å²) < 4.78 is 7.49. The van der Waals surface area contributed by atoms with Crippen molar-refractivity contribution in [3.05, 3.63) is 83.0 Å². The molecule has 2 aromatic carbocycles. The van der Waals surface area contributed by atoms with E-state index in [1.165, 1.54) is 30.6 Å². The summed E-state index contributed by atoms with van der Waals surface area (Å²) >= 11 is 0. The molecule has 4 bridgehead atoms. The third-order valence-corrected chi connectivity index (χ3v) is 15.3. The van der Waals surface area contributed by atoms with E-state index in [4.69, 9.17) is 4.74 Å². The Kier molecular flexibility index (Phi) is 5.26. The molecule has 11 rings (SSSR count). The molecule has 238 valence electrons. The Hall–Kier alpha value is -2.93. The third-order valence-electron chi connectivity index (χ3n) is 15.3. The predicted octanol–water partition coefficient (Wildman–Crippen LogP) is 5.48. The first kappa shape index (κ1) is 27.1. The topological polar surface area (TPSA) is 39.3 Å². The van der Waals surface area contributed by atoms with Crippen molar-refractivity contribution in [2.45, 2.75) is 87.7 Å². The van der Waals surface area contributed by atoms with Gasteiger partial charge >= 0.3 is 0 Å². The SMILES string of the molecule is C/C=C1\CN2CCC34c5ccccc5N5C(C6C7CC8N(CCC89c8ccccc8N(C(C)=O)C69)C/C7=C\C)OCC(C1CC23)C54. The van der Waals surface area contributed by atoms with E-state index >= 15 is 0 Å². The molecule has 1 amide bonds. The van der Waals surface area contributed by atoms with Gasteiger partial charge in [-0.25, -0.2) is 0 Å². The minimum absolute atomic E-state index is 0.0504. The van der Waals surface area contributed by atoms with Gasteiger partial charge in [0.25, 0.3) is 0 Å². The van der Waals surface area contributed by atoms with Gasteiger partial charge in [-0.3, -0.25) is 14.6 Å². The van der Waals surface area contributed by atoms with E-state index < -0.39 is 0 Å². The van der Waals surface area contributed by atoms with E-state index in [9.17, 15) is 4.79 Å². The summed E-state index contributed by atoms with van der Waals surface area (Å²) in [4.78, 5) is 24.7. The highest BCUT2D eigenvalue weighted by molar-refractivity contribution is 5.96. The number of allylic oxidation sites excluding steroid dienone is 2. The van der Waals surface area contributed by atoms with Crippen molar-refractivity contribution in [3.8, 4) is 0 Å². The summed E-state index contributed by atoms with van der Waals surface area (Å²) in [6.45, 7) is 11.6. The van der Waals surface area contributed by atoms with Gasteiger partial charge in [-0.2, -0.15) is 0 Å². The van der Waals surface area contributed by atoms with Crippen molar-refractivity contribution in [1.29, 1.82) is 0 Å². The Labute approximate surface area is 273 Å². The molecule has 2 spiro atoms. The summed E-state index contributed by atoms with van der Waals surface area (Å²) in [5.41, 5.74) is 8.89. The van der Waals surface area contributed by atoms with Crippen molar-refractivity contribution < 1.29 is 9.53 Å². The number of fused-ring (bicyclic) bond motifs is 6. The molecule has 6 heteroatoms. The molecule has 46 heavy (non-hydrogen) atoms. The van der Waals surface area contributed by atoms with E-state index in [2.05, 4.69) is 94.1 Å². The number of rotatable bonds is 1. The van der Waals surface area contributed by atoms with E-state index in [1.807, 2.05) is 6.92 Å². The van der Waals surface area contributed by atoms with Crippen LogP contribution in [0, 0.1) is 23.7 Å². The Morgan fingerprint density at radius 1 is 0.804 bits per heavy atom. The zero-order chi connectivity index (χ0) is 30.7. The number of anilines is 2. The number of para-hydroxylation sites is 2. The molecule has 7 aliphatic heterocycles. The second kappa shape index (κ2) is 8.94. The van der Waals surface area contributed by atoms with Crippen molar-refractivity contribution >= 4 is 17.3 Å². The molecule has 11 unspecified atom stereocenters. The van der Waals surface area contributed by atoms with Crippen LogP contribution in [0.4, 0.5) is 11.4 Å². The van der Waals surface area contributed by atoms with Gasteiger partial charge in [0.05, 0.1) is 12.6 Å². The normalized spacial score (nSPS) is 46.0. The van der Waals surface area contributed by atoms with E-state index in [0.717, 1.165) is 44.8 Å². The molecule has 6 nitrogen and oxygen atoms in total. The number of hydrogen-bond donors (Lipinski definition) is 0. The molecule has 0 aromatic heterocycles. The zero-order valence-corrected chi connectivity index (χ0v) is 27.4. The molecule has 5 saturated heterocycles. The highest BCUT2D eigenvalue weighted by Gasteiger charge is 2.73. The first-order chi connectivity index (χ1) is 22.5. The lowest BCUT2D eigenvalue weighted by molar-refractivity contribution is -0.129. The number of benzene rings is 2. The maximum Gasteiger partial charge on any atom is 0.224 e. The van der Waals surface area contributed by atoms with Crippen LogP contribution >= 0.6 is 0 Å². The molecule has 11 atom stereocenters. The second-order valence-corrected chi connectivity index (χ2v) is 16.2. The lowest BCUT2D eigenvalue weighted by Gasteiger charge is -2.63. The third kappa shape index (κ3) is 2.85. The van der Waals surface area contributed by atoms with Crippen molar-refractivity contribution in [3.63, 3.8) is 0 Å². The molecule has 7 heterocycles. The highest BCUT2D eigenvalue weighted by atomic mass is 16.5. The smallest absolute Gasteiger partial charge is 0.224 e. The van der Waals surface area contributed by atoms with Gasteiger partial charge in [0, 0.05) is 72.2 Å². The minimum atomic E-state index is -0.0604. The largest absolute Gasteiger partial charge is 0.358 e.